The first-order chi connectivity index (χ1) is 19.5. The number of H-pyrrole nitrogens is 1. The van der Waals surface area contributed by atoms with Crippen LogP contribution < -0.4 is 14.4 Å². The number of nitrogens with one attached hydrogen (secondary N) is 1. The number of amides is 1. The number of hydrogen-bond acceptors (Lipinski definition) is 6. The lowest BCUT2D eigenvalue weighted by Gasteiger charge is -2.29. The van der Waals surface area contributed by atoms with Crippen LogP contribution in [0.1, 0.15) is 37.3 Å². The molecule has 2 heterocycles. The van der Waals surface area contributed by atoms with Gasteiger partial charge in [0.05, 0.1) is 36.7 Å². The van der Waals surface area contributed by atoms with Crippen LogP contribution in [0.3, 0.4) is 0 Å². The van der Waals surface area contributed by atoms with Crippen LogP contribution in [0.2, 0.25) is 0 Å². The van der Waals surface area contributed by atoms with E-state index >= 15 is 0 Å². The number of nitrogens with zero attached hydrogens (tertiary/aromatic N) is 3. The Balaban J connectivity index is 1.51. The highest BCUT2D eigenvalue weighted by molar-refractivity contribution is 6.22. The predicted octanol–water partition coefficient (Wildman–Crippen LogP) is 5.90. The summed E-state index contributed by atoms with van der Waals surface area (Å²) < 4.78 is 11.0. The molecule has 40 heavy (non-hydrogen) atoms. The third-order valence-electron chi connectivity index (χ3n) is 7.44. The molecule has 0 unspecified atom stereocenters. The summed E-state index contributed by atoms with van der Waals surface area (Å²) in [5, 5.41) is 11.8. The van der Waals surface area contributed by atoms with Crippen LogP contribution >= 0.6 is 0 Å². The van der Waals surface area contributed by atoms with Crippen LogP contribution in [0.5, 0.6) is 17.4 Å². The number of ether oxygens (including phenoxy) is 2. The molecule has 0 spiro atoms. The summed E-state index contributed by atoms with van der Waals surface area (Å²) in [6, 6.07) is 21.1. The Morgan fingerprint density at radius 2 is 1.65 bits per heavy atom. The molecule has 1 aliphatic rings. The van der Waals surface area contributed by atoms with Crippen LogP contribution in [-0.4, -0.2) is 67.0 Å². The molecular formula is C32H36N4O4. The fraction of sp³-hybridized carbons (Fsp3) is 0.312. The highest BCUT2D eigenvalue weighted by Crippen LogP contribution is 2.38. The molecule has 0 bridgehead atoms. The number of benzene rings is 3. The van der Waals surface area contributed by atoms with Gasteiger partial charge in [0.15, 0.2) is 17.4 Å². The van der Waals surface area contributed by atoms with Crippen molar-refractivity contribution in [1.29, 1.82) is 0 Å². The number of likely N-dealkylation sites (tertiary alicyclic amines) is 1. The number of aromatic amines is 1. The van der Waals surface area contributed by atoms with E-state index in [1.165, 1.54) is 19.3 Å². The number of rotatable bonds is 9. The molecule has 8 heteroatoms. The summed E-state index contributed by atoms with van der Waals surface area (Å²) in [4.78, 5) is 24.8. The minimum absolute atomic E-state index is 0.00463. The van der Waals surface area contributed by atoms with Crippen molar-refractivity contribution in [2.75, 3.05) is 45.3 Å². The molecule has 208 valence electrons. The van der Waals surface area contributed by atoms with Crippen molar-refractivity contribution in [3.8, 4) is 17.4 Å². The Labute approximate surface area is 234 Å². The standard InChI is InChI=1S/C32H36N4O4/c1-22(37)36(19-18-35-16-8-5-9-17-35)25-14-12-24(13-15-25)33-31(23-10-6-4-7-11-23)30-26-20-28(39-2)29(40-3)21-27(26)34-32(30)38/h4,6-7,10-15,20-21,34,38H,5,8-9,16-19H2,1-3H3. The number of piperidine rings is 1. The molecule has 1 saturated heterocycles. The number of aromatic nitrogens is 1. The van der Waals surface area contributed by atoms with Crippen molar-refractivity contribution in [3.63, 3.8) is 0 Å². The summed E-state index contributed by atoms with van der Waals surface area (Å²) in [5.41, 5.74) is 4.28. The van der Waals surface area contributed by atoms with E-state index in [-0.39, 0.29) is 11.8 Å². The van der Waals surface area contributed by atoms with Crippen molar-refractivity contribution < 1.29 is 19.4 Å². The second-order valence-electron chi connectivity index (χ2n) is 10.0. The zero-order chi connectivity index (χ0) is 28.1. The molecule has 8 nitrogen and oxygen atoms in total. The normalized spacial score (nSPS) is 14.3. The zero-order valence-corrected chi connectivity index (χ0v) is 23.3. The van der Waals surface area contributed by atoms with E-state index in [9.17, 15) is 9.90 Å². The van der Waals surface area contributed by atoms with Gasteiger partial charge < -0.3 is 29.4 Å². The minimum Gasteiger partial charge on any atom is -0.494 e. The molecule has 5 rings (SSSR count). The van der Waals surface area contributed by atoms with E-state index < -0.39 is 0 Å². The Bertz CT molecular complexity index is 1490. The van der Waals surface area contributed by atoms with E-state index in [2.05, 4.69) is 9.88 Å². The van der Waals surface area contributed by atoms with Crippen LogP contribution in [0, 0.1) is 0 Å². The number of hydrogen-bond donors (Lipinski definition) is 2. The lowest BCUT2D eigenvalue weighted by atomic mass is 10.0. The monoisotopic (exact) mass is 540 g/mol. The molecule has 3 aromatic carbocycles. The molecule has 0 radical (unpaired) electrons. The fourth-order valence-electron chi connectivity index (χ4n) is 5.34. The van der Waals surface area contributed by atoms with E-state index in [0.717, 1.165) is 36.3 Å². The smallest absolute Gasteiger partial charge is 0.223 e. The van der Waals surface area contributed by atoms with Gasteiger partial charge >= 0.3 is 0 Å². The van der Waals surface area contributed by atoms with Gasteiger partial charge in [-0.15, -0.1) is 0 Å². The molecule has 0 aliphatic carbocycles. The van der Waals surface area contributed by atoms with Crippen LogP contribution in [0.25, 0.3) is 10.9 Å². The second-order valence-corrected chi connectivity index (χ2v) is 10.0. The first kappa shape index (κ1) is 27.3. The number of carbonyl (C=O) groups is 1. The maximum atomic E-state index is 12.5. The van der Waals surface area contributed by atoms with Gasteiger partial charge in [-0.1, -0.05) is 36.8 Å². The third kappa shape index (κ3) is 5.82. The third-order valence-corrected chi connectivity index (χ3v) is 7.44. The Morgan fingerprint density at radius 3 is 2.30 bits per heavy atom. The second kappa shape index (κ2) is 12.3. The molecule has 1 aliphatic heterocycles. The lowest BCUT2D eigenvalue weighted by Crippen LogP contribution is -2.39. The molecule has 1 aromatic heterocycles. The Morgan fingerprint density at radius 1 is 0.975 bits per heavy atom. The van der Waals surface area contributed by atoms with Crippen molar-refractivity contribution >= 4 is 33.9 Å². The quantitative estimate of drug-likeness (QED) is 0.258. The summed E-state index contributed by atoms with van der Waals surface area (Å²) in [6.45, 7) is 5.33. The van der Waals surface area contributed by atoms with Crippen LogP contribution in [-0.2, 0) is 4.79 Å². The topological polar surface area (TPSA) is 90.4 Å². The number of aromatic hydroxyl groups is 1. The van der Waals surface area contributed by atoms with Gasteiger partial charge in [-0.3, -0.25) is 4.79 Å². The molecular weight excluding hydrogens is 504 g/mol. The number of fused-ring (bicyclic) bond motifs is 1. The van der Waals surface area contributed by atoms with Crippen LogP contribution in [0.4, 0.5) is 11.4 Å². The maximum absolute atomic E-state index is 12.5. The van der Waals surface area contributed by atoms with E-state index in [4.69, 9.17) is 14.5 Å². The van der Waals surface area contributed by atoms with E-state index in [1.54, 1.807) is 27.2 Å². The van der Waals surface area contributed by atoms with Gasteiger partial charge in [0.25, 0.3) is 0 Å². The highest BCUT2D eigenvalue weighted by Gasteiger charge is 2.21. The van der Waals surface area contributed by atoms with E-state index in [1.807, 2.05) is 65.6 Å². The number of anilines is 1. The molecule has 1 amide bonds. The fourth-order valence-corrected chi connectivity index (χ4v) is 5.34. The van der Waals surface area contributed by atoms with Crippen molar-refractivity contribution in [3.05, 3.63) is 77.9 Å². The van der Waals surface area contributed by atoms with Gasteiger partial charge in [-0.05, 0) is 56.3 Å². The summed E-state index contributed by atoms with van der Waals surface area (Å²) in [7, 11) is 3.16. The number of carbonyl (C=O) groups excluding carboxylic acids is 1. The predicted molar refractivity (Wildman–Crippen MR) is 160 cm³/mol. The van der Waals surface area contributed by atoms with Gasteiger partial charge in [0, 0.05) is 42.7 Å². The summed E-state index contributed by atoms with van der Waals surface area (Å²) >= 11 is 0. The average molecular weight is 541 g/mol. The molecule has 2 N–H and O–H groups in total. The van der Waals surface area contributed by atoms with E-state index in [0.29, 0.717) is 40.5 Å². The number of aliphatic imine (C=N–C) groups is 1. The largest absolute Gasteiger partial charge is 0.494 e. The maximum Gasteiger partial charge on any atom is 0.223 e. The number of methoxy groups -OCH3 is 2. The van der Waals surface area contributed by atoms with Gasteiger partial charge in [0.2, 0.25) is 5.91 Å². The van der Waals surface area contributed by atoms with Crippen LogP contribution in [0.15, 0.2) is 71.7 Å². The Hall–Kier alpha value is -4.30. The first-order valence-electron chi connectivity index (χ1n) is 13.7. The average Bonchev–Trinajstić information content (AvgIpc) is 3.30. The molecule has 1 fully saturated rings. The highest BCUT2D eigenvalue weighted by atomic mass is 16.5. The SMILES string of the molecule is COc1cc2[nH]c(O)c(C(=Nc3ccc(N(CCN4CCCCC4)C(C)=O)cc3)c3ccccc3)c2cc1OC. The molecule has 0 saturated carbocycles. The first-order valence-corrected chi connectivity index (χ1v) is 13.7. The molecule has 0 atom stereocenters. The van der Waals surface area contributed by atoms with Crippen molar-refractivity contribution in [2.45, 2.75) is 26.2 Å². The molecule has 4 aromatic rings. The van der Waals surface area contributed by atoms with Gasteiger partial charge in [-0.2, -0.15) is 0 Å². The minimum atomic E-state index is 0.00463. The Kier molecular flexibility index (Phi) is 8.36. The van der Waals surface area contributed by atoms with Gasteiger partial charge in [-0.25, -0.2) is 4.99 Å². The zero-order valence-electron chi connectivity index (χ0n) is 23.3. The van der Waals surface area contributed by atoms with Crippen molar-refractivity contribution in [1.82, 2.24) is 9.88 Å². The summed E-state index contributed by atoms with van der Waals surface area (Å²) in [5.74, 6) is 1.14. The van der Waals surface area contributed by atoms with Crippen molar-refractivity contribution in [2.24, 2.45) is 4.99 Å². The lowest BCUT2D eigenvalue weighted by molar-refractivity contribution is -0.116. The summed E-state index contributed by atoms with van der Waals surface area (Å²) in [6.07, 6.45) is 3.74. The van der Waals surface area contributed by atoms with Gasteiger partial charge in [0.1, 0.15) is 0 Å².